The highest BCUT2D eigenvalue weighted by atomic mass is 35.5. The van der Waals surface area contributed by atoms with E-state index in [0.29, 0.717) is 34.1 Å². The predicted molar refractivity (Wildman–Crippen MR) is 102 cm³/mol. The number of cyclic esters (lactones) is 1. The number of fused-ring (bicyclic) bond motifs is 1. The maximum atomic E-state index is 13.2. The van der Waals surface area contributed by atoms with Crippen LogP contribution in [0.3, 0.4) is 0 Å². The molecule has 4 rings (SSSR count). The summed E-state index contributed by atoms with van der Waals surface area (Å²) in [7, 11) is 0. The summed E-state index contributed by atoms with van der Waals surface area (Å²) in [6, 6.07) is 12.6. The maximum absolute atomic E-state index is 13.2. The van der Waals surface area contributed by atoms with Gasteiger partial charge in [0.25, 0.3) is 5.56 Å². The highest BCUT2D eigenvalue weighted by Gasteiger charge is 2.30. The minimum Gasteiger partial charge on any atom is -0.465 e. The van der Waals surface area contributed by atoms with Crippen LogP contribution in [0.1, 0.15) is 12.0 Å². The zero-order valence-electron chi connectivity index (χ0n) is 13.9. The molecule has 1 aromatic heterocycles. The number of hydrogen-bond acceptors (Lipinski definition) is 5. The van der Waals surface area contributed by atoms with Crippen LogP contribution in [0.25, 0.3) is 16.6 Å². The molecule has 0 radical (unpaired) electrons. The number of hydrogen-bond donors (Lipinski definition) is 0. The Labute approximate surface area is 159 Å². The van der Waals surface area contributed by atoms with Crippen LogP contribution in [0.4, 0.5) is 0 Å². The van der Waals surface area contributed by atoms with Crippen LogP contribution in [0, 0.1) is 6.92 Å². The lowest BCUT2D eigenvalue weighted by Gasteiger charge is -2.16. The molecular formula is C19H15ClN2O3S. The van der Waals surface area contributed by atoms with Crippen molar-refractivity contribution in [3.8, 4) is 5.69 Å². The Balaban J connectivity index is 1.97. The quantitative estimate of drug-likeness (QED) is 0.506. The van der Waals surface area contributed by atoms with Gasteiger partial charge in [0, 0.05) is 11.4 Å². The average Bonchev–Trinajstić information content (AvgIpc) is 3.01. The third-order valence-electron chi connectivity index (χ3n) is 4.29. The fraction of sp³-hybridized carbons (Fsp3) is 0.211. The van der Waals surface area contributed by atoms with Crippen molar-refractivity contribution in [2.45, 2.75) is 23.8 Å². The molecule has 1 fully saturated rings. The molecule has 0 amide bonds. The van der Waals surface area contributed by atoms with Gasteiger partial charge in [0.05, 0.1) is 23.2 Å². The van der Waals surface area contributed by atoms with E-state index >= 15 is 0 Å². The number of thioether (sulfide) groups is 1. The van der Waals surface area contributed by atoms with Crippen molar-refractivity contribution >= 4 is 40.2 Å². The summed E-state index contributed by atoms with van der Waals surface area (Å²) in [5.74, 6) is -0.272. The van der Waals surface area contributed by atoms with Crippen LogP contribution in [0.2, 0.25) is 5.02 Å². The molecule has 1 aliphatic rings. The summed E-state index contributed by atoms with van der Waals surface area (Å²) in [5.41, 5.74) is 2.02. The molecule has 0 spiro atoms. The summed E-state index contributed by atoms with van der Waals surface area (Å²) in [6.45, 7) is 2.33. The Hall–Kier alpha value is -2.31. The largest absolute Gasteiger partial charge is 0.465 e. The first-order chi connectivity index (χ1) is 12.5. The van der Waals surface area contributed by atoms with Crippen LogP contribution < -0.4 is 5.56 Å². The standard InChI is InChI=1S/C19H15ClN2O3S/c1-11-4-2-3-5-15(11)22-17(23)13-7-6-12(20)10-14(13)21-19(22)26-16-8-9-25-18(16)24/h2-7,10,16H,8-9H2,1H3. The van der Waals surface area contributed by atoms with Crippen molar-refractivity contribution in [1.29, 1.82) is 0 Å². The number of carbonyl (C=O) groups excluding carboxylic acids is 1. The number of rotatable bonds is 3. The number of halogens is 1. The van der Waals surface area contributed by atoms with E-state index in [1.54, 1.807) is 22.8 Å². The molecule has 1 saturated heterocycles. The summed E-state index contributed by atoms with van der Waals surface area (Å²) in [5, 5.41) is 1.09. The van der Waals surface area contributed by atoms with Crippen molar-refractivity contribution in [3.05, 3.63) is 63.4 Å². The van der Waals surface area contributed by atoms with Gasteiger partial charge in [-0.15, -0.1) is 0 Å². The second kappa shape index (κ2) is 6.78. The Morgan fingerprint density at radius 2 is 2.04 bits per heavy atom. The molecule has 2 heterocycles. The predicted octanol–water partition coefficient (Wildman–Crippen LogP) is 3.76. The Morgan fingerprint density at radius 3 is 2.77 bits per heavy atom. The Bertz CT molecular complexity index is 1080. The van der Waals surface area contributed by atoms with E-state index in [4.69, 9.17) is 16.3 Å². The van der Waals surface area contributed by atoms with Crippen LogP contribution >= 0.6 is 23.4 Å². The van der Waals surface area contributed by atoms with Gasteiger partial charge in [-0.1, -0.05) is 41.6 Å². The van der Waals surface area contributed by atoms with Gasteiger partial charge >= 0.3 is 5.97 Å². The number of nitrogens with zero attached hydrogens (tertiary/aromatic N) is 2. The molecular weight excluding hydrogens is 372 g/mol. The van der Waals surface area contributed by atoms with Gasteiger partial charge in [-0.05, 0) is 36.8 Å². The topological polar surface area (TPSA) is 61.2 Å². The first-order valence-electron chi connectivity index (χ1n) is 8.16. The molecule has 0 aliphatic carbocycles. The van der Waals surface area contributed by atoms with Crippen LogP contribution in [0.5, 0.6) is 0 Å². The fourth-order valence-corrected chi connectivity index (χ4v) is 4.19. The summed E-state index contributed by atoms with van der Waals surface area (Å²) in [6.07, 6.45) is 0.598. The first-order valence-corrected chi connectivity index (χ1v) is 9.42. The molecule has 5 nitrogen and oxygen atoms in total. The number of aryl methyl sites for hydroxylation is 1. The molecule has 26 heavy (non-hydrogen) atoms. The zero-order chi connectivity index (χ0) is 18.3. The maximum Gasteiger partial charge on any atom is 0.319 e. The van der Waals surface area contributed by atoms with Crippen LogP contribution in [-0.4, -0.2) is 27.4 Å². The second-order valence-corrected chi connectivity index (χ2v) is 7.65. The molecule has 0 N–H and O–H groups in total. The average molecular weight is 387 g/mol. The lowest BCUT2D eigenvalue weighted by Crippen LogP contribution is -2.24. The van der Waals surface area contributed by atoms with Crippen molar-refractivity contribution in [2.24, 2.45) is 0 Å². The van der Waals surface area contributed by atoms with E-state index in [9.17, 15) is 9.59 Å². The SMILES string of the molecule is Cc1ccccc1-n1c(SC2CCOC2=O)nc2cc(Cl)ccc2c1=O. The summed E-state index contributed by atoms with van der Waals surface area (Å²) < 4.78 is 6.62. The van der Waals surface area contributed by atoms with E-state index in [1.807, 2.05) is 31.2 Å². The smallest absolute Gasteiger partial charge is 0.319 e. The van der Waals surface area contributed by atoms with Gasteiger partial charge in [-0.25, -0.2) is 4.98 Å². The lowest BCUT2D eigenvalue weighted by atomic mass is 10.2. The minimum atomic E-state index is -0.367. The van der Waals surface area contributed by atoms with Gasteiger partial charge in [0.1, 0.15) is 5.25 Å². The molecule has 1 aliphatic heterocycles. The van der Waals surface area contributed by atoms with E-state index in [1.165, 1.54) is 11.8 Å². The van der Waals surface area contributed by atoms with Gasteiger partial charge in [-0.2, -0.15) is 0 Å². The molecule has 3 aromatic rings. The number of para-hydroxylation sites is 1. The normalized spacial score (nSPS) is 16.8. The fourth-order valence-electron chi connectivity index (χ4n) is 2.96. The summed E-state index contributed by atoms with van der Waals surface area (Å²) >= 11 is 7.33. The Kier molecular flexibility index (Phi) is 4.46. The molecule has 1 atom stereocenters. The van der Waals surface area contributed by atoms with Crippen molar-refractivity contribution in [3.63, 3.8) is 0 Å². The van der Waals surface area contributed by atoms with E-state index in [-0.39, 0.29) is 16.8 Å². The number of aromatic nitrogens is 2. The molecule has 2 aromatic carbocycles. The van der Waals surface area contributed by atoms with Crippen molar-refractivity contribution in [1.82, 2.24) is 9.55 Å². The number of ether oxygens (including phenoxy) is 1. The monoisotopic (exact) mass is 386 g/mol. The highest BCUT2D eigenvalue weighted by molar-refractivity contribution is 8.00. The second-order valence-electron chi connectivity index (χ2n) is 6.05. The summed E-state index contributed by atoms with van der Waals surface area (Å²) in [4.78, 5) is 29.8. The zero-order valence-corrected chi connectivity index (χ0v) is 15.5. The third-order valence-corrected chi connectivity index (χ3v) is 5.72. The number of esters is 1. The minimum absolute atomic E-state index is 0.185. The van der Waals surface area contributed by atoms with E-state index in [2.05, 4.69) is 4.98 Å². The Morgan fingerprint density at radius 1 is 1.23 bits per heavy atom. The van der Waals surface area contributed by atoms with Gasteiger partial charge < -0.3 is 4.74 Å². The van der Waals surface area contributed by atoms with Crippen molar-refractivity contribution < 1.29 is 9.53 Å². The molecule has 0 saturated carbocycles. The van der Waals surface area contributed by atoms with Gasteiger partial charge in [-0.3, -0.25) is 14.2 Å². The van der Waals surface area contributed by atoms with Crippen molar-refractivity contribution in [2.75, 3.05) is 6.61 Å². The van der Waals surface area contributed by atoms with Gasteiger partial charge in [0.2, 0.25) is 0 Å². The van der Waals surface area contributed by atoms with Crippen LogP contribution in [-0.2, 0) is 9.53 Å². The number of carbonyl (C=O) groups is 1. The number of benzene rings is 2. The molecule has 7 heteroatoms. The molecule has 132 valence electrons. The van der Waals surface area contributed by atoms with E-state index in [0.717, 1.165) is 11.3 Å². The molecule has 1 unspecified atom stereocenters. The van der Waals surface area contributed by atoms with Gasteiger partial charge in [0.15, 0.2) is 5.16 Å². The lowest BCUT2D eigenvalue weighted by molar-refractivity contribution is -0.137. The highest BCUT2D eigenvalue weighted by Crippen LogP contribution is 2.31. The first kappa shape index (κ1) is 17.1. The molecule has 0 bridgehead atoms. The van der Waals surface area contributed by atoms with Crippen LogP contribution in [0.15, 0.2) is 52.4 Å². The van der Waals surface area contributed by atoms with E-state index < -0.39 is 0 Å². The third kappa shape index (κ3) is 2.99.